The van der Waals surface area contributed by atoms with Crippen LogP contribution in [0.25, 0.3) is 0 Å². The Labute approximate surface area is 96.4 Å². The van der Waals surface area contributed by atoms with Crippen molar-refractivity contribution < 1.29 is 14.7 Å². The number of carboxylic acid groups (broad SMARTS) is 1. The zero-order chi connectivity index (χ0) is 12.2. The van der Waals surface area contributed by atoms with Crippen LogP contribution in [-0.4, -0.2) is 23.5 Å². The minimum Gasteiger partial charge on any atom is -0.481 e. The maximum absolute atomic E-state index is 11.9. The Kier molecular flexibility index (Phi) is 4.33. The summed E-state index contributed by atoms with van der Waals surface area (Å²) < 4.78 is 0. The van der Waals surface area contributed by atoms with Gasteiger partial charge in [0.15, 0.2) is 0 Å². The van der Waals surface area contributed by atoms with E-state index in [0.29, 0.717) is 6.54 Å². The molecule has 0 saturated heterocycles. The van der Waals surface area contributed by atoms with Gasteiger partial charge in [-0.1, -0.05) is 26.7 Å². The van der Waals surface area contributed by atoms with E-state index in [1.807, 2.05) is 13.8 Å². The Hall–Kier alpha value is -1.06. The summed E-state index contributed by atoms with van der Waals surface area (Å²) in [6, 6.07) is 0. The predicted octanol–water partition coefficient (Wildman–Crippen LogP) is 1.79. The van der Waals surface area contributed by atoms with Gasteiger partial charge in [-0.15, -0.1) is 0 Å². The standard InChI is InChI=1S/C12H21NO3/c1-9(7-10(14)15)8-13-11(16)12(2)5-3-4-6-12/h9H,3-8H2,1-2H3,(H,13,16)(H,14,15). The Morgan fingerprint density at radius 2 is 1.94 bits per heavy atom. The maximum Gasteiger partial charge on any atom is 0.303 e. The van der Waals surface area contributed by atoms with Gasteiger partial charge >= 0.3 is 5.97 Å². The van der Waals surface area contributed by atoms with E-state index in [-0.39, 0.29) is 23.7 Å². The third-order valence-electron chi connectivity index (χ3n) is 3.39. The largest absolute Gasteiger partial charge is 0.481 e. The van der Waals surface area contributed by atoms with Crippen LogP contribution < -0.4 is 5.32 Å². The fraction of sp³-hybridized carbons (Fsp3) is 0.833. The van der Waals surface area contributed by atoms with Crippen molar-refractivity contribution in [3.05, 3.63) is 0 Å². The highest BCUT2D eigenvalue weighted by molar-refractivity contribution is 5.82. The van der Waals surface area contributed by atoms with Crippen LogP contribution in [0.4, 0.5) is 0 Å². The summed E-state index contributed by atoms with van der Waals surface area (Å²) in [6.45, 7) is 4.29. The van der Waals surface area contributed by atoms with Gasteiger partial charge in [-0.05, 0) is 18.8 Å². The molecule has 1 saturated carbocycles. The highest BCUT2D eigenvalue weighted by Crippen LogP contribution is 2.37. The van der Waals surface area contributed by atoms with Gasteiger partial charge < -0.3 is 10.4 Å². The number of aliphatic carboxylic acids is 1. The zero-order valence-electron chi connectivity index (χ0n) is 10.1. The van der Waals surface area contributed by atoms with E-state index >= 15 is 0 Å². The van der Waals surface area contributed by atoms with E-state index in [9.17, 15) is 9.59 Å². The van der Waals surface area contributed by atoms with Gasteiger partial charge in [0.2, 0.25) is 5.91 Å². The van der Waals surface area contributed by atoms with Crippen LogP contribution in [0.5, 0.6) is 0 Å². The summed E-state index contributed by atoms with van der Waals surface area (Å²) in [5, 5.41) is 11.5. The van der Waals surface area contributed by atoms with Crippen LogP contribution in [0.2, 0.25) is 0 Å². The van der Waals surface area contributed by atoms with Gasteiger partial charge in [-0.2, -0.15) is 0 Å². The minimum absolute atomic E-state index is 0.00791. The van der Waals surface area contributed by atoms with E-state index in [1.54, 1.807) is 0 Å². The van der Waals surface area contributed by atoms with Crippen molar-refractivity contribution >= 4 is 11.9 Å². The van der Waals surface area contributed by atoms with Crippen molar-refractivity contribution in [3.63, 3.8) is 0 Å². The van der Waals surface area contributed by atoms with Crippen molar-refractivity contribution in [3.8, 4) is 0 Å². The molecule has 4 nitrogen and oxygen atoms in total. The SMILES string of the molecule is CC(CNC(=O)C1(C)CCCC1)CC(=O)O. The molecule has 0 aliphatic heterocycles. The molecule has 0 aromatic heterocycles. The molecule has 1 rings (SSSR count). The third kappa shape index (κ3) is 3.51. The van der Waals surface area contributed by atoms with Gasteiger partial charge in [0.05, 0.1) is 0 Å². The van der Waals surface area contributed by atoms with Crippen molar-refractivity contribution in [2.45, 2.75) is 46.0 Å². The number of hydrogen-bond donors (Lipinski definition) is 2. The van der Waals surface area contributed by atoms with E-state index in [1.165, 1.54) is 0 Å². The summed E-state index contributed by atoms with van der Waals surface area (Å²) in [6.07, 6.45) is 4.25. The quantitative estimate of drug-likeness (QED) is 0.752. The van der Waals surface area contributed by atoms with E-state index in [4.69, 9.17) is 5.11 Å². The van der Waals surface area contributed by atoms with Gasteiger partial charge in [0.1, 0.15) is 0 Å². The second kappa shape index (κ2) is 5.32. The van der Waals surface area contributed by atoms with Crippen molar-refractivity contribution in [2.75, 3.05) is 6.54 Å². The molecule has 0 spiro atoms. The zero-order valence-corrected chi connectivity index (χ0v) is 10.1. The number of nitrogens with one attached hydrogen (secondary N) is 1. The lowest BCUT2D eigenvalue weighted by molar-refractivity contribution is -0.138. The molecule has 0 aromatic carbocycles. The highest BCUT2D eigenvalue weighted by atomic mass is 16.4. The Morgan fingerprint density at radius 3 is 2.44 bits per heavy atom. The topological polar surface area (TPSA) is 66.4 Å². The molecule has 1 amide bonds. The van der Waals surface area contributed by atoms with Crippen LogP contribution in [-0.2, 0) is 9.59 Å². The van der Waals surface area contributed by atoms with E-state index in [2.05, 4.69) is 5.32 Å². The fourth-order valence-corrected chi connectivity index (χ4v) is 2.23. The lowest BCUT2D eigenvalue weighted by Crippen LogP contribution is -2.39. The first-order valence-electron chi connectivity index (χ1n) is 5.94. The molecule has 1 aliphatic rings. The highest BCUT2D eigenvalue weighted by Gasteiger charge is 2.35. The van der Waals surface area contributed by atoms with E-state index in [0.717, 1.165) is 25.7 Å². The molecule has 1 aliphatic carbocycles. The maximum atomic E-state index is 11.9. The molecule has 4 heteroatoms. The molecule has 92 valence electrons. The first-order chi connectivity index (χ1) is 7.44. The molecule has 1 atom stereocenters. The molecule has 1 unspecified atom stereocenters. The van der Waals surface area contributed by atoms with E-state index < -0.39 is 5.97 Å². The first kappa shape index (κ1) is 13.0. The smallest absolute Gasteiger partial charge is 0.303 e. The molecule has 0 aromatic rings. The summed E-state index contributed by atoms with van der Waals surface area (Å²) in [7, 11) is 0. The Morgan fingerprint density at radius 1 is 1.38 bits per heavy atom. The van der Waals surface area contributed by atoms with Gasteiger partial charge in [0, 0.05) is 18.4 Å². The second-order valence-corrected chi connectivity index (χ2v) is 5.18. The summed E-state index contributed by atoms with van der Waals surface area (Å²) in [5.74, 6) is -0.734. The number of carbonyl (C=O) groups is 2. The van der Waals surface area contributed by atoms with Gasteiger partial charge in [-0.3, -0.25) is 9.59 Å². The number of hydrogen-bond acceptors (Lipinski definition) is 2. The lowest BCUT2D eigenvalue weighted by Gasteiger charge is -2.23. The van der Waals surface area contributed by atoms with Crippen molar-refractivity contribution in [1.82, 2.24) is 5.32 Å². The van der Waals surface area contributed by atoms with Crippen LogP contribution in [0, 0.1) is 11.3 Å². The average molecular weight is 227 g/mol. The van der Waals surface area contributed by atoms with Crippen LogP contribution in [0.3, 0.4) is 0 Å². The van der Waals surface area contributed by atoms with Crippen molar-refractivity contribution in [2.24, 2.45) is 11.3 Å². The summed E-state index contributed by atoms with van der Waals surface area (Å²) in [4.78, 5) is 22.4. The second-order valence-electron chi connectivity index (χ2n) is 5.18. The molecule has 0 bridgehead atoms. The first-order valence-corrected chi connectivity index (χ1v) is 5.94. The van der Waals surface area contributed by atoms with Gasteiger partial charge in [-0.25, -0.2) is 0 Å². The van der Waals surface area contributed by atoms with Crippen LogP contribution >= 0.6 is 0 Å². The molecular weight excluding hydrogens is 206 g/mol. The molecule has 0 radical (unpaired) electrons. The monoisotopic (exact) mass is 227 g/mol. The number of carbonyl (C=O) groups excluding carboxylic acids is 1. The number of amides is 1. The van der Waals surface area contributed by atoms with Crippen LogP contribution in [0.15, 0.2) is 0 Å². The molecule has 16 heavy (non-hydrogen) atoms. The summed E-state index contributed by atoms with van der Waals surface area (Å²) >= 11 is 0. The van der Waals surface area contributed by atoms with Crippen LogP contribution in [0.1, 0.15) is 46.0 Å². The normalized spacial score (nSPS) is 20.4. The number of carboxylic acids is 1. The fourth-order valence-electron chi connectivity index (χ4n) is 2.23. The average Bonchev–Trinajstić information content (AvgIpc) is 2.62. The van der Waals surface area contributed by atoms with Crippen molar-refractivity contribution in [1.29, 1.82) is 0 Å². The summed E-state index contributed by atoms with van der Waals surface area (Å²) in [5.41, 5.74) is -0.219. The Bertz CT molecular complexity index is 269. The number of rotatable bonds is 5. The lowest BCUT2D eigenvalue weighted by atomic mass is 9.87. The predicted molar refractivity (Wildman–Crippen MR) is 61.0 cm³/mol. The molecular formula is C12H21NO3. The molecule has 2 N–H and O–H groups in total. The molecule has 1 fully saturated rings. The molecule has 0 heterocycles. The van der Waals surface area contributed by atoms with Gasteiger partial charge in [0.25, 0.3) is 0 Å². The Balaban J connectivity index is 2.32. The minimum atomic E-state index is -0.811. The third-order valence-corrected chi connectivity index (χ3v) is 3.39.